The summed E-state index contributed by atoms with van der Waals surface area (Å²) in [6, 6.07) is 0. The number of rotatable bonds is 1. The SMILES string of the molecule is CC(C)(C)C(C)(O)C(F)(F)Br. The van der Waals surface area contributed by atoms with Crippen molar-refractivity contribution in [1.29, 1.82) is 0 Å². The third-order valence-corrected chi connectivity index (χ3v) is 2.78. The summed E-state index contributed by atoms with van der Waals surface area (Å²) in [4.78, 5) is -3.25. The molecule has 0 aromatic rings. The number of alkyl halides is 3. The molecule has 0 saturated heterocycles. The van der Waals surface area contributed by atoms with Gasteiger partial charge in [-0.15, -0.1) is 0 Å². The van der Waals surface area contributed by atoms with E-state index in [-0.39, 0.29) is 0 Å². The van der Waals surface area contributed by atoms with Crippen LogP contribution in [0.15, 0.2) is 0 Å². The van der Waals surface area contributed by atoms with Gasteiger partial charge >= 0.3 is 4.83 Å². The van der Waals surface area contributed by atoms with Gasteiger partial charge < -0.3 is 5.11 Å². The number of hydrogen-bond donors (Lipinski definition) is 1. The number of aliphatic hydroxyl groups is 1. The fourth-order valence-electron chi connectivity index (χ4n) is 0.425. The van der Waals surface area contributed by atoms with Crippen LogP contribution in [-0.2, 0) is 0 Å². The molecule has 1 unspecified atom stereocenters. The molecule has 0 spiro atoms. The minimum absolute atomic E-state index is 0.861. The summed E-state index contributed by atoms with van der Waals surface area (Å²) in [7, 11) is 0. The van der Waals surface area contributed by atoms with Gasteiger partial charge in [-0.1, -0.05) is 20.8 Å². The van der Waals surface area contributed by atoms with Crippen LogP contribution < -0.4 is 0 Å². The fraction of sp³-hybridized carbons (Fsp3) is 1.00. The van der Waals surface area contributed by atoms with E-state index in [1.807, 2.05) is 0 Å². The lowest BCUT2D eigenvalue weighted by atomic mass is 9.78. The molecule has 4 heteroatoms. The molecule has 1 N–H and O–H groups in total. The van der Waals surface area contributed by atoms with E-state index in [1.54, 1.807) is 20.8 Å². The molecule has 0 radical (unpaired) electrons. The summed E-state index contributed by atoms with van der Waals surface area (Å²) in [5.74, 6) is 0. The van der Waals surface area contributed by atoms with Gasteiger partial charge in [0.05, 0.1) is 0 Å². The highest BCUT2D eigenvalue weighted by Crippen LogP contribution is 2.45. The van der Waals surface area contributed by atoms with Gasteiger partial charge in [-0.2, -0.15) is 8.78 Å². The summed E-state index contributed by atoms with van der Waals surface area (Å²) in [6.45, 7) is 5.79. The Morgan fingerprint density at radius 3 is 1.36 bits per heavy atom. The van der Waals surface area contributed by atoms with Gasteiger partial charge in [-0.05, 0) is 28.3 Å². The second-order valence-electron chi connectivity index (χ2n) is 3.82. The van der Waals surface area contributed by atoms with Crippen molar-refractivity contribution in [3.05, 3.63) is 0 Å². The van der Waals surface area contributed by atoms with Gasteiger partial charge in [0.1, 0.15) is 5.60 Å². The minimum Gasteiger partial charge on any atom is -0.382 e. The van der Waals surface area contributed by atoms with Crippen LogP contribution in [0.5, 0.6) is 0 Å². The maximum Gasteiger partial charge on any atom is 0.329 e. The molecular formula is C7H13BrF2O. The maximum absolute atomic E-state index is 12.7. The molecule has 1 atom stereocenters. The molecule has 0 amide bonds. The van der Waals surface area contributed by atoms with Crippen molar-refractivity contribution in [2.75, 3.05) is 0 Å². The topological polar surface area (TPSA) is 20.2 Å². The van der Waals surface area contributed by atoms with E-state index < -0.39 is 15.8 Å². The second-order valence-corrected chi connectivity index (χ2v) is 4.82. The molecule has 68 valence electrons. The van der Waals surface area contributed by atoms with E-state index in [9.17, 15) is 13.9 Å². The van der Waals surface area contributed by atoms with Crippen molar-refractivity contribution < 1.29 is 13.9 Å². The molecular weight excluding hydrogens is 218 g/mol. The molecule has 0 aliphatic rings. The molecule has 0 fully saturated rings. The van der Waals surface area contributed by atoms with Gasteiger partial charge in [0.25, 0.3) is 0 Å². The summed E-state index contributed by atoms with van der Waals surface area (Å²) >= 11 is 2.15. The molecule has 0 heterocycles. The number of hydrogen-bond acceptors (Lipinski definition) is 1. The van der Waals surface area contributed by atoms with Gasteiger partial charge in [-0.3, -0.25) is 0 Å². The summed E-state index contributed by atoms with van der Waals surface area (Å²) in [6.07, 6.45) is 0. The van der Waals surface area contributed by atoms with Gasteiger partial charge in [0, 0.05) is 0 Å². The Morgan fingerprint density at radius 2 is 1.36 bits per heavy atom. The Kier molecular flexibility index (Phi) is 2.73. The quantitative estimate of drug-likeness (QED) is 0.688. The first-order chi connectivity index (χ1) is 4.50. The first-order valence-electron chi connectivity index (χ1n) is 3.29. The lowest BCUT2D eigenvalue weighted by Crippen LogP contribution is -2.51. The van der Waals surface area contributed by atoms with Crippen LogP contribution in [-0.4, -0.2) is 15.5 Å². The van der Waals surface area contributed by atoms with Crippen molar-refractivity contribution in [1.82, 2.24) is 0 Å². The zero-order chi connectivity index (χ0) is 9.50. The highest BCUT2D eigenvalue weighted by molar-refractivity contribution is 9.10. The Labute approximate surface area is 73.9 Å². The molecule has 0 aromatic carbocycles. The first-order valence-corrected chi connectivity index (χ1v) is 4.08. The van der Waals surface area contributed by atoms with Crippen LogP contribution in [0.2, 0.25) is 0 Å². The molecule has 0 rings (SSSR count). The highest BCUT2D eigenvalue weighted by atomic mass is 79.9. The van der Waals surface area contributed by atoms with E-state index in [0.29, 0.717) is 0 Å². The van der Waals surface area contributed by atoms with Crippen LogP contribution in [0.3, 0.4) is 0 Å². The summed E-state index contributed by atoms with van der Waals surface area (Å²) in [5.41, 5.74) is -2.90. The zero-order valence-electron chi connectivity index (χ0n) is 7.08. The smallest absolute Gasteiger partial charge is 0.329 e. The van der Waals surface area contributed by atoms with Crippen molar-refractivity contribution in [3.63, 3.8) is 0 Å². The highest BCUT2D eigenvalue weighted by Gasteiger charge is 2.54. The molecule has 1 nitrogen and oxygen atoms in total. The molecule has 0 aliphatic heterocycles. The normalized spacial score (nSPS) is 19.6. The average molecular weight is 231 g/mol. The Bertz CT molecular complexity index is 128. The summed E-state index contributed by atoms with van der Waals surface area (Å²) in [5, 5.41) is 9.39. The minimum atomic E-state index is -3.25. The fourth-order valence-corrected chi connectivity index (χ4v) is 1.02. The zero-order valence-corrected chi connectivity index (χ0v) is 8.67. The van der Waals surface area contributed by atoms with Crippen molar-refractivity contribution in [2.24, 2.45) is 5.41 Å². The third kappa shape index (κ3) is 2.12. The van der Waals surface area contributed by atoms with Crippen molar-refractivity contribution in [3.8, 4) is 0 Å². The number of halogens is 3. The van der Waals surface area contributed by atoms with Gasteiger partial charge in [0.2, 0.25) is 0 Å². The molecule has 11 heavy (non-hydrogen) atoms. The monoisotopic (exact) mass is 230 g/mol. The Morgan fingerprint density at radius 1 is 1.09 bits per heavy atom. The summed E-state index contributed by atoms with van der Waals surface area (Å²) < 4.78 is 25.3. The van der Waals surface area contributed by atoms with Crippen molar-refractivity contribution >= 4 is 15.9 Å². The maximum atomic E-state index is 12.7. The standard InChI is InChI=1S/C7H13BrF2O/c1-5(2,3)6(4,11)7(8,9)10/h11H,1-4H3. The van der Waals surface area contributed by atoms with Crippen LogP contribution in [0.25, 0.3) is 0 Å². The molecule has 0 aliphatic carbocycles. The predicted octanol–water partition coefficient (Wildman–Crippen LogP) is 2.77. The Balaban J connectivity index is 4.75. The predicted molar refractivity (Wildman–Crippen MR) is 44.0 cm³/mol. The second kappa shape index (κ2) is 2.66. The molecule has 0 saturated carbocycles. The van der Waals surface area contributed by atoms with Crippen LogP contribution in [0.1, 0.15) is 27.7 Å². The largest absolute Gasteiger partial charge is 0.382 e. The van der Waals surface area contributed by atoms with Crippen LogP contribution in [0, 0.1) is 5.41 Å². The van der Waals surface area contributed by atoms with Crippen molar-refractivity contribution in [2.45, 2.75) is 38.1 Å². The third-order valence-electron chi connectivity index (χ3n) is 2.01. The van der Waals surface area contributed by atoms with E-state index in [0.717, 1.165) is 6.92 Å². The molecule has 0 bridgehead atoms. The van der Waals surface area contributed by atoms with Crippen LogP contribution in [0.4, 0.5) is 8.78 Å². The molecule has 0 aromatic heterocycles. The first kappa shape index (κ1) is 11.3. The van der Waals surface area contributed by atoms with E-state index in [4.69, 9.17) is 0 Å². The van der Waals surface area contributed by atoms with Gasteiger partial charge in [0.15, 0.2) is 0 Å². The van der Waals surface area contributed by atoms with E-state index in [2.05, 4.69) is 15.9 Å². The lowest BCUT2D eigenvalue weighted by molar-refractivity contribution is -0.162. The van der Waals surface area contributed by atoms with E-state index >= 15 is 0 Å². The van der Waals surface area contributed by atoms with Gasteiger partial charge in [-0.25, -0.2) is 0 Å². The van der Waals surface area contributed by atoms with E-state index in [1.165, 1.54) is 0 Å². The lowest BCUT2D eigenvalue weighted by Gasteiger charge is -2.39. The van der Waals surface area contributed by atoms with Crippen LogP contribution >= 0.6 is 15.9 Å². The Hall–Kier alpha value is 0.300. The average Bonchev–Trinajstić information content (AvgIpc) is 1.58.